The lowest BCUT2D eigenvalue weighted by atomic mass is 9.63. The molecule has 1 aromatic carbocycles. The van der Waals surface area contributed by atoms with Gasteiger partial charge in [-0.3, -0.25) is 19.3 Å². The number of rotatable bonds is 4. The summed E-state index contributed by atoms with van der Waals surface area (Å²) in [5.41, 5.74) is 0.874. The monoisotopic (exact) mass is 392 g/mol. The van der Waals surface area contributed by atoms with E-state index in [0.717, 1.165) is 50.8 Å². The SMILES string of the molecule is O=C(C[C@H](c1ccccc1)N1C(=O)[C@@H]2[C@H](C1=O)[C@H]1C=C[C@H]2CC1)N1CCCCC1. The molecule has 3 aliphatic carbocycles. The predicted octanol–water partition coefficient (Wildman–Crippen LogP) is 3.33. The van der Waals surface area contributed by atoms with Gasteiger partial charge in [-0.1, -0.05) is 42.5 Å². The van der Waals surface area contributed by atoms with Crippen LogP contribution in [0, 0.1) is 23.7 Å². The quantitative estimate of drug-likeness (QED) is 0.583. The lowest BCUT2D eigenvalue weighted by molar-refractivity contribution is -0.144. The second-order valence-corrected chi connectivity index (χ2v) is 8.96. The number of nitrogens with zero attached hydrogens (tertiary/aromatic N) is 2. The van der Waals surface area contributed by atoms with Crippen molar-refractivity contribution >= 4 is 17.7 Å². The highest BCUT2D eigenvalue weighted by Gasteiger charge is 2.58. The Hall–Kier alpha value is -2.43. The van der Waals surface area contributed by atoms with Crippen LogP contribution < -0.4 is 0 Å². The maximum absolute atomic E-state index is 13.5. The number of carbonyl (C=O) groups is 3. The lowest BCUT2D eigenvalue weighted by Crippen LogP contribution is -2.41. The lowest BCUT2D eigenvalue weighted by Gasteiger charge is -2.38. The summed E-state index contributed by atoms with van der Waals surface area (Å²) in [6.07, 6.45) is 9.65. The van der Waals surface area contributed by atoms with Gasteiger partial charge >= 0.3 is 0 Å². The second-order valence-electron chi connectivity index (χ2n) is 8.96. The van der Waals surface area contributed by atoms with E-state index >= 15 is 0 Å². The van der Waals surface area contributed by atoms with Gasteiger partial charge in [-0.25, -0.2) is 0 Å². The van der Waals surface area contributed by atoms with E-state index in [1.54, 1.807) is 0 Å². The molecule has 2 saturated heterocycles. The largest absolute Gasteiger partial charge is 0.343 e. The third kappa shape index (κ3) is 3.11. The van der Waals surface area contributed by atoms with E-state index < -0.39 is 6.04 Å². The van der Waals surface area contributed by atoms with Crippen LogP contribution in [0.4, 0.5) is 0 Å². The van der Waals surface area contributed by atoms with Crippen molar-refractivity contribution in [3.63, 3.8) is 0 Å². The fourth-order valence-corrected chi connectivity index (χ4v) is 5.88. The number of fused-ring (bicyclic) bond motifs is 1. The average Bonchev–Trinajstić information content (AvgIpc) is 3.06. The van der Waals surface area contributed by atoms with Crippen LogP contribution in [-0.4, -0.2) is 40.6 Å². The Bertz CT molecular complexity index is 811. The van der Waals surface area contributed by atoms with Gasteiger partial charge in [0.1, 0.15) is 0 Å². The summed E-state index contributed by atoms with van der Waals surface area (Å²) >= 11 is 0. The molecule has 0 radical (unpaired) electrons. The standard InChI is InChI=1S/C24H28N2O3/c27-20(25-13-5-2-6-14-25)15-19(16-7-3-1-4-8-16)26-23(28)21-17-9-10-18(12-11-17)22(21)24(26)29/h1,3-4,7-10,17-19,21-22H,2,5-6,11-15H2/t17-,18-,19+,21-,22+/m0/s1. The van der Waals surface area contributed by atoms with Crippen LogP contribution in [0.1, 0.15) is 50.1 Å². The minimum atomic E-state index is -0.504. The summed E-state index contributed by atoms with van der Waals surface area (Å²) in [6.45, 7) is 1.56. The van der Waals surface area contributed by atoms with Crippen molar-refractivity contribution in [2.45, 2.75) is 44.6 Å². The molecule has 29 heavy (non-hydrogen) atoms. The molecular formula is C24H28N2O3. The Labute approximate surface area is 171 Å². The zero-order valence-corrected chi connectivity index (χ0v) is 16.7. The van der Waals surface area contributed by atoms with E-state index in [-0.39, 0.29) is 47.8 Å². The van der Waals surface area contributed by atoms with Crippen molar-refractivity contribution in [1.29, 1.82) is 0 Å². The first-order valence-electron chi connectivity index (χ1n) is 11.0. The van der Waals surface area contributed by atoms with Crippen molar-refractivity contribution in [2.75, 3.05) is 13.1 Å². The van der Waals surface area contributed by atoms with Gasteiger partial charge in [0.05, 0.1) is 24.3 Å². The van der Waals surface area contributed by atoms with E-state index in [1.807, 2.05) is 35.2 Å². The highest BCUT2D eigenvalue weighted by Crippen LogP contribution is 2.51. The fourth-order valence-electron chi connectivity index (χ4n) is 5.88. The molecule has 0 spiro atoms. The Morgan fingerprint density at radius 1 is 0.897 bits per heavy atom. The Morgan fingerprint density at radius 3 is 2.03 bits per heavy atom. The maximum Gasteiger partial charge on any atom is 0.234 e. The topological polar surface area (TPSA) is 57.7 Å². The molecule has 0 N–H and O–H groups in total. The van der Waals surface area contributed by atoms with Crippen molar-refractivity contribution in [2.24, 2.45) is 23.7 Å². The highest BCUT2D eigenvalue weighted by molar-refractivity contribution is 6.06. The molecule has 5 atom stereocenters. The number of amides is 3. The molecule has 5 heteroatoms. The third-order valence-electron chi connectivity index (χ3n) is 7.37. The fraction of sp³-hybridized carbons (Fsp3) is 0.542. The molecule has 0 aromatic heterocycles. The molecule has 3 amide bonds. The minimum absolute atomic E-state index is 0.0510. The van der Waals surface area contributed by atoms with Gasteiger partial charge in [0.25, 0.3) is 0 Å². The molecule has 2 bridgehead atoms. The Kier molecular flexibility index (Phi) is 4.76. The molecule has 2 aliphatic heterocycles. The molecule has 1 saturated carbocycles. The van der Waals surface area contributed by atoms with Gasteiger partial charge in [-0.15, -0.1) is 0 Å². The molecule has 5 nitrogen and oxygen atoms in total. The van der Waals surface area contributed by atoms with E-state index in [2.05, 4.69) is 12.2 Å². The van der Waals surface area contributed by atoms with Crippen LogP contribution in [0.3, 0.4) is 0 Å². The highest BCUT2D eigenvalue weighted by atomic mass is 16.2. The van der Waals surface area contributed by atoms with Crippen molar-refractivity contribution in [3.8, 4) is 0 Å². The average molecular weight is 392 g/mol. The van der Waals surface area contributed by atoms with Gasteiger partial charge in [-0.05, 0) is 49.5 Å². The van der Waals surface area contributed by atoms with Crippen LogP contribution in [-0.2, 0) is 14.4 Å². The van der Waals surface area contributed by atoms with Crippen LogP contribution in [0.25, 0.3) is 0 Å². The zero-order valence-electron chi connectivity index (χ0n) is 16.7. The summed E-state index contributed by atoms with van der Waals surface area (Å²) in [5, 5.41) is 0. The van der Waals surface area contributed by atoms with E-state index in [1.165, 1.54) is 4.90 Å². The number of hydrogen-bond donors (Lipinski definition) is 0. The van der Waals surface area contributed by atoms with Crippen molar-refractivity contribution in [3.05, 3.63) is 48.0 Å². The minimum Gasteiger partial charge on any atom is -0.343 e. The number of hydrogen-bond acceptors (Lipinski definition) is 3. The zero-order chi connectivity index (χ0) is 20.0. The number of piperidine rings is 1. The van der Waals surface area contributed by atoms with Crippen molar-refractivity contribution < 1.29 is 14.4 Å². The third-order valence-corrected chi connectivity index (χ3v) is 7.37. The summed E-state index contributed by atoms with van der Waals surface area (Å²) in [4.78, 5) is 43.4. The summed E-state index contributed by atoms with van der Waals surface area (Å²) in [7, 11) is 0. The van der Waals surface area contributed by atoms with E-state index in [9.17, 15) is 14.4 Å². The van der Waals surface area contributed by atoms with Crippen LogP contribution in [0.5, 0.6) is 0 Å². The van der Waals surface area contributed by atoms with Crippen LogP contribution in [0.15, 0.2) is 42.5 Å². The summed E-state index contributed by atoms with van der Waals surface area (Å²) in [5.74, 6) is -0.222. The second kappa shape index (κ2) is 7.43. The number of allylic oxidation sites excluding steroid dienone is 2. The molecule has 2 heterocycles. The van der Waals surface area contributed by atoms with Gasteiger partial charge in [0.2, 0.25) is 17.7 Å². The molecule has 5 aliphatic rings. The number of benzene rings is 1. The van der Waals surface area contributed by atoms with Crippen LogP contribution >= 0.6 is 0 Å². The molecular weight excluding hydrogens is 364 g/mol. The number of imide groups is 1. The first-order chi connectivity index (χ1) is 14.1. The van der Waals surface area contributed by atoms with Crippen molar-refractivity contribution in [1.82, 2.24) is 9.80 Å². The Balaban J connectivity index is 1.46. The normalized spacial score (nSPS) is 31.9. The molecule has 152 valence electrons. The smallest absolute Gasteiger partial charge is 0.234 e. The molecule has 3 fully saturated rings. The first-order valence-corrected chi connectivity index (χ1v) is 11.0. The maximum atomic E-state index is 13.5. The number of likely N-dealkylation sites (tertiary alicyclic amines) is 2. The van der Waals surface area contributed by atoms with Gasteiger partial charge < -0.3 is 4.90 Å². The molecule has 0 unspecified atom stereocenters. The Morgan fingerprint density at radius 2 is 1.48 bits per heavy atom. The molecule has 1 aromatic rings. The summed E-state index contributed by atoms with van der Waals surface area (Å²) < 4.78 is 0. The van der Waals surface area contributed by atoms with Gasteiger partial charge in [0, 0.05) is 13.1 Å². The summed E-state index contributed by atoms with van der Waals surface area (Å²) in [6, 6.07) is 9.11. The first kappa shape index (κ1) is 18.6. The van der Waals surface area contributed by atoms with Gasteiger partial charge in [-0.2, -0.15) is 0 Å². The van der Waals surface area contributed by atoms with Gasteiger partial charge in [0.15, 0.2) is 0 Å². The number of carbonyl (C=O) groups excluding carboxylic acids is 3. The van der Waals surface area contributed by atoms with Crippen LogP contribution in [0.2, 0.25) is 0 Å². The van der Waals surface area contributed by atoms with E-state index in [0.29, 0.717) is 0 Å². The predicted molar refractivity (Wildman–Crippen MR) is 108 cm³/mol. The molecule has 6 rings (SSSR count). The van der Waals surface area contributed by atoms with E-state index in [4.69, 9.17) is 0 Å².